The number of hydrogen-bond donors (Lipinski definition) is 2. The fourth-order valence-corrected chi connectivity index (χ4v) is 3.37. The third-order valence-electron chi connectivity index (χ3n) is 4.60. The molecule has 0 amide bonds. The van der Waals surface area contributed by atoms with E-state index in [9.17, 15) is 5.11 Å². The highest BCUT2D eigenvalue weighted by molar-refractivity contribution is 4.92. The second-order valence-corrected chi connectivity index (χ2v) is 5.88. The van der Waals surface area contributed by atoms with Crippen molar-refractivity contribution >= 4 is 0 Å². The maximum Gasteiger partial charge on any atom is 0.0613 e. The van der Waals surface area contributed by atoms with Crippen LogP contribution in [0, 0.1) is 5.92 Å². The molecule has 2 nitrogen and oxygen atoms in total. The molecule has 0 unspecified atom stereocenters. The number of aliphatic hydroxyl groups excluding tert-OH is 1. The van der Waals surface area contributed by atoms with Gasteiger partial charge in [-0.15, -0.1) is 0 Å². The van der Waals surface area contributed by atoms with Crippen LogP contribution in [0.3, 0.4) is 0 Å². The smallest absolute Gasteiger partial charge is 0.0613 e. The molecule has 16 heavy (non-hydrogen) atoms. The van der Waals surface area contributed by atoms with Crippen LogP contribution >= 0.6 is 0 Å². The predicted octanol–water partition coefficient (Wildman–Crippen LogP) is 2.85. The first-order chi connectivity index (χ1) is 7.85. The summed E-state index contributed by atoms with van der Waals surface area (Å²) in [6.45, 7) is 1.47. The van der Waals surface area contributed by atoms with Crippen molar-refractivity contribution in [3.63, 3.8) is 0 Å². The van der Waals surface area contributed by atoms with E-state index in [0.29, 0.717) is 6.61 Å². The van der Waals surface area contributed by atoms with E-state index in [4.69, 9.17) is 0 Å². The third-order valence-corrected chi connectivity index (χ3v) is 4.60. The molecule has 0 heterocycles. The molecule has 0 aromatic carbocycles. The van der Waals surface area contributed by atoms with Crippen LogP contribution in [-0.2, 0) is 0 Å². The molecule has 0 radical (unpaired) electrons. The quantitative estimate of drug-likeness (QED) is 0.721. The number of rotatable bonds is 4. The summed E-state index contributed by atoms with van der Waals surface area (Å²) in [5.74, 6) is 0.867. The second kappa shape index (κ2) is 6.02. The van der Waals surface area contributed by atoms with Crippen molar-refractivity contribution in [1.82, 2.24) is 5.32 Å². The molecule has 2 heteroatoms. The van der Waals surface area contributed by atoms with E-state index in [-0.39, 0.29) is 5.54 Å². The molecule has 2 N–H and O–H groups in total. The molecule has 2 aliphatic rings. The van der Waals surface area contributed by atoms with E-state index in [2.05, 4.69) is 5.32 Å². The van der Waals surface area contributed by atoms with Crippen LogP contribution in [0.25, 0.3) is 0 Å². The van der Waals surface area contributed by atoms with Crippen LogP contribution < -0.4 is 5.32 Å². The standard InChI is InChI=1S/C14H27NO/c16-12-14(9-5-6-10-14)15-11-13-7-3-1-2-4-8-13/h13,15-16H,1-12H2. The normalized spacial score (nSPS) is 26.8. The lowest BCUT2D eigenvalue weighted by molar-refractivity contribution is 0.157. The molecule has 2 fully saturated rings. The molecular weight excluding hydrogens is 198 g/mol. The lowest BCUT2D eigenvalue weighted by Crippen LogP contribution is -2.47. The first kappa shape index (κ1) is 12.4. The zero-order chi connectivity index (χ0) is 11.3. The first-order valence-electron chi connectivity index (χ1n) is 7.21. The Kier molecular flexibility index (Phi) is 4.66. The Labute approximate surface area is 99.8 Å². The summed E-state index contributed by atoms with van der Waals surface area (Å²) in [5.41, 5.74) is 0.0896. The minimum absolute atomic E-state index is 0.0896. The van der Waals surface area contributed by atoms with Crippen molar-refractivity contribution in [2.24, 2.45) is 5.92 Å². The second-order valence-electron chi connectivity index (χ2n) is 5.88. The molecule has 0 bridgehead atoms. The molecule has 0 atom stereocenters. The minimum Gasteiger partial charge on any atom is -0.394 e. The Bertz CT molecular complexity index is 191. The van der Waals surface area contributed by atoms with Crippen LogP contribution in [0.5, 0.6) is 0 Å². The summed E-state index contributed by atoms with van der Waals surface area (Å²) in [6.07, 6.45) is 13.4. The number of aliphatic hydroxyl groups is 1. The van der Waals surface area contributed by atoms with Gasteiger partial charge in [-0.2, -0.15) is 0 Å². The maximum absolute atomic E-state index is 9.54. The van der Waals surface area contributed by atoms with E-state index in [1.807, 2.05) is 0 Å². The summed E-state index contributed by atoms with van der Waals surface area (Å²) < 4.78 is 0. The SMILES string of the molecule is OCC1(NCC2CCCCCC2)CCCC1. The summed E-state index contributed by atoms with van der Waals surface area (Å²) in [6, 6.07) is 0. The van der Waals surface area contributed by atoms with Gasteiger partial charge in [-0.25, -0.2) is 0 Å². The van der Waals surface area contributed by atoms with Gasteiger partial charge in [0, 0.05) is 5.54 Å². The minimum atomic E-state index is 0.0896. The molecule has 0 aromatic rings. The predicted molar refractivity (Wildman–Crippen MR) is 67.5 cm³/mol. The van der Waals surface area contributed by atoms with E-state index in [1.165, 1.54) is 64.2 Å². The topological polar surface area (TPSA) is 32.3 Å². The Morgan fingerprint density at radius 2 is 1.56 bits per heavy atom. The maximum atomic E-state index is 9.54. The van der Waals surface area contributed by atoms with Gasteiger partial charge in [0.2, 0.25) is 0 Å². The fraction of sp³-hybridized carbons (Fsp3) is 1.00. The van der Waals surface area contributed by atoms with Gasteiger partial charge in [-0.1, -0.05) is 38.5 Å². The molecule has 94 valence electrons. The Hall–Kier alpha value is -0.0800. The van der Waals surface area contributed by atoms with Crippen molar-refractivity contribution in [3.05, 3.63) is 0 Å². The van der Waals surface area contributed by atoms with Crippen LogP contribution in [0.2, 0.25) is 0 Å². The van der Waals surface area contributed by atoms with Crippen molar-refractivity contribution in [3.8, 4) is 0 Å². The lowest BCUT2D eigenvalue weighted by Gasteiger charge is -2.30. The summed E-state index contributed by atoms with van der Waals surface area (Å²) >= 11 is 0. The summed E-state index contributed by atoms with van der Waals surface area (Å²) in [5, 5.41) is 13.2. The molecule has 0 saturated heterocycles. The highest BCUT2D eigenvalue weighted by atomic mass is 16.3. The largest absolute Gasteiger partial charge is 0.394 e. The molecular formula is C14H27NO. The van der Waals surface area contributed by atoms with Gasteiger partial charge in [0.1, 0.15) is 0 Å². The summed E-state index contributed by atoms with van der Waals surface area (Å²) in [7, 11) is 0. The molecule has 0 spiro atoms. The van der Waals surface area contributed by atoms with E-state index >= 15 is 0 Å². The first-order valence-corrected chi connectivity index (χ1v) is 7.21. The van der Waals surface area contributed by atoms with Gasteiger partial charge in [0.05, 0.1) is 6.61 Å². The highest BCUT2D eigenvalue weighted by Crippen LogP contribution is 2.30. The van der Waals surface area contributed by atoms with E-state index < -0.39 is 0 Å². The van der Waals surface area contributed by atoms with Crippen molar-refractivity contribution in [1.29, 1.82) is 0 Å². The molecule has 2 saturated carbocycles. The lowest BCUT2D eigenvalue weighted by atomic mass is 9.95. The van der Waals surface area contributed by atoms with Gasteiger partial charge in [-0.3, -0.25) is 0 Å². The zero-order valence-corrected chi connectivity index (χ0v) is 10.5. The number of nitrogens with one attached hydrogen (secondary N) is 1. The van der Waals surface area contributed by atoms with Crippen molar-refractivity contribution in [2.45, 2.75) is 69.7 Å². The van der Waals surface area contributed by atoms with Crippen LogP contribution in [0.15, 0.2) is 0 Å². The Morgan fingerprint density at radius 1 is 0.938 bits per heavy atom. The number of hydrogen-bond acceptors (Lipinski definition) is 2. The van der Waals surface area contributed by atoms with Crippen molar-refractivity contribution < 1.29 is 5.11 Å². The third kappa shape index (κ3) is 3.21. The molecule has 2 aliphatic carbocycles. The monoisotopic (exact) mass is 225 g/mol. The van der Waals surface area contributed by atoms with Crippen molar-refractivity contribution in [2.75, 3.05) is 13.2 Å². The van der Waals surface area contributed by atoms with Gasteiger partial charge in [0.15, 0.2) is 0 Å². The van der Waals surface area contributed by atoms with Gasteiger partial charge >= 0.3 is 0 Å². The average molecular weight is 225 g/mol. The van der Waals surface area contributed by atoms with Gasteiger partial charge < -0.3 is 10.4 Å². The Morgan fingerprint density at radius 3 is 2.12 bits per heavy atom. The molecule has 2 rings (SSSR count). The van der Waals surface area contributed by atoms with Crippen LogP contribution in [0.1, 0.15) is 64.2 Å². The van der Waals surface area contributed by atoms with Crippen LogP contribution in [0.4, 0.5) is 0 Å². The fourth-order valence-electron chi connectivity index (χ4n) is 3.37. The highest BCUT2D eigenvalue weighted by Gasteiger charge is 2.32. The zero-order valence-electron chi connectivity index (χ0n) is 10.5. The molecule has 0 aliphatic heterocycles. The van der Waals surface area contributed by atoms with Gasteiger partial charge in [-0.05, 0) is 38.1 Å². The van der Waals surface area contributed by atoms with E-state index in [1.54, 1.807) is 0 Å². The average Bonchev–Trinajstić information content (AvgIpc) is 2.63. The van der Waals surface area contributed by atoms with E-state index in [0.717, 1.165) is 12.5 Å². The summed E-state index contributed by atoms with van der Waals surface area (Å²) in [4.78, 5) is 0. The molecule has 0 aromatic heterocycles. The Balaban J connectivity index is 1.76. The van der Waals surface area contributed by atoms with Gasteiger partial charge in [0.25, 0.3) is 0 Å². The van der Waals surface area contributed by atoms with Crippen LogP contribution in [-0.4, -0.2) is 23.8 Å².